The van der Waals surface area contributed by atoms with Gasteiger partial charge in [-0.3, -0.25) is 0 Å². The van der Waals surface area contributed by atoms with Crippen LogP contribution >= 0.6 is 15.9 Å². The number of hydrogen-bond donors (Lipinski definition) is 1. The van der Waals surface area contributed by atoms with Gasteiger partial charge in [0.2, 0.25) is 0 Å². The van der Waals surface area contributed by atoms with Crippen LogP contribution in [0.4, 0.5) is 5.82 Å². The Hall–Kier alpha value is -2.66. The topological polar surface area (TPSA) is 51.0 Å². The number of benzene rings is 2. The van der Waals surface area contributed by atoms with Crippen LogP contribution in [0.5, 0.6) is 0 Å². The lowest BCUT2D eigenvalue weighted by Crippen LogP contribution is -2.08. The fourth-order valence-electron chi connectivity index (χ4n) is 3.25. The van der Waals surface area contributed by atoms with Gasteiger partial charge in [0.25, 0.3) is 0 Å². The van der Waals surface area contributed by atoms with Crippen LogP contribution < -0.4 is 5.32 Å². The van der Waals surface area contributed by atoms with Gasteiger partial charge in [-0.05, 0) is 68.1 Å². The molecular weight excluding hydrogens is 414 g/mol. The van der Waals surface area contributed by atoms with E-state index in [1.54, 1.807) is 6.26 Å². The summed E-state index contributed by atoms with van der Waals surface area (Å²) in [6.45, 7) is 6.88. The third-order valence-electron chi connectivity index (χ3n) is 4.86. The summed E-state index contributed by atoms with van der Waals surface area (Å²) in [5.41, 5.74) is 6.54. The van der Waals surface area contributed by atoms with Gasteiger partial charge >= 0.3 is 0 Å². The number of nitrogens with one attached hydrogen (secondary N) is 1. The molecule has 0 spiro atoms. The Kier molecular flexibility index (Phi) is 5.18. The molecule has 4 nitrogen and oxygen atoms in total. The molecule has 2 aromatic carbocycles. The van der Waals surface area contributed by atoms with E-state index in [-0.39, 0.29) is 0 Å². The van der Waals surface area contributed by atoms with Crippen molar-refractivity contribution in [2.75, 3.05) is 11.9 Å². The van der Waals surface area contributed by atoms with Gasteiger partial charge < -0.3 is 9.73 Å². The molecule has 0 radical (unpaired) electrons. The predicted molar refractivity (Wildman–Crippen MR) is 118 cm³/mol. The van der Waals surface area contributed by atoms with Crippen LogP contribution in [0.1, 0.15) is 22.5 Å². The van der Waals surface area contributed by atoms with Gasteiger partial charge in [0.15, 0.2) is 0 Å². The Morgan fingerprint density at radius 2 is 1.82 bits per heavy atom. The summed E-state index contributed by atoms with van der Waals surface area (Å²) >= 11 is 3.60. The summed E-state index contributed by atoms with van der Waals surface area (Å²) in [5, 5.41) is 4.56. The molecule has 4 aromatic rings. The lowest BCUT2D eigenvalue weighted by molar-refractivity contribution is 0.613. The summed E-state index contributed by atoms with van der Waals surface area (Å²) in [6, 6.07) is 14.7. The van der Waals surface area contributed by atoms with Crippen LogP contribution in [0.3, 0.4) is 0 Å². The second-order valence-corrected chi connectivity index (χ2v) is 7.93. The van der Waals surface area contributed by atoms with E-state index in [0.29, 0.717) is 0 Å². The lowest BCUT2D eigenvalue weighted by Gasteiger charge is -2.10. The lowest BCUT2D eigenvalue weighted by atomic mass is 10.1. The molecule has 2 aromatic heterocycles. The molecule has 1 N–H and O–H groups in total. The van der Waals surface area contributed by atoms with Crippen LogP contribution in [0.25, 0.3) is 22.2 Å². The number of aryl methyl sites for hydroxylation is 3. The Morgan fingerprint density at radius 3 is 2.64 bits per heavy atom. The van der Waals surface area contributed by atoms with E-state index in [1.807, 2.05) is 25.1 Å². The largest absolute Gasteiger partial charge is 0.464 e. The van der Waals surface area contributed by atoms with E-state index in [9.17, 15) is 0 Å². The molecule has 0 bridgehead atoms. The van der Waals surface area contributed by atoms with Crippen molar-refractivity contribution in [3.8, 4) is 11.3 Å². The molecule has 0 saturated carbocycles. The summed E-state index contributed by atoms with van der Waals surface area (Å²) in [4.78, 5) is 9.17. The number of furan rings is 1. The molecule has 0 atom stereocenters. The molecule has 0 aliphatic rings. The molecule has 2 heterocycles. The smallest absolute Gasteiger partial charge is 0.134 e. The highest BCUT2D eigenvalue weighted by molar-refractivity contribution is 9.10. The number of nitrogens with zero attached hydrogens (tertiary/aromatic N) is 2. The monoisotopic (exact) mass is 435 g/mol. The minimum absolute atomic E-state index is 0.752. The molecule has 142 valence electrons. The van der Waals surface area contributed by atoms with Crippen molar-refractivity contribution < 1.29 is 4.42 Å². The van der Waals surface area contributed by atoms with Gasteiger partial charge in [-0.1, -0.05) is 28.1 Å². The maximum atomic E-state index is 5.55. The number of fused-ring (bicyclic) bond motifs is 1. The first-order chi connectivity index (χ1) is 13.5. The first-order valence-electron chi connectivity index (χ1n) is 9.32. The van der Waals surface area contributed by atoms with Crippen LogP contribution in [0.15, 0.2) is 57.6 Å². The van der Waals surface area contributed by atoms with E-state index in [4.69, 9.17) is 4.42 Å². The van der Waals surface area contributed by atoms with Crippen LogP contribution in [-0.2, 0) is 6.42 Å². The van der Waals surface area contributed by atoms with E-state index in [0.717, 1.165) is 56.9 Å². The molecule has 0 amide bonds. The van der Waals surface area contributed by atoms with Crippen molar-refractivity contribution in [3.05, 3.63) is 75.7 Å². The zero-order valence-electron chi connectivity index (χ0n) is 16.2. The van der Waals surface area contributed by atoms with Gasteiger partial charge in [-0.15, -0.1) is 0 Å². The summed E-state index contributed by atoms with van der Waals surface area (Å²) in [5.74, 6) is 1.60. The molecule has 0 aliphatic heterocycles. The molecule has 4 rings (SSSR count). The quantitative estimate of drug-likeness (QED) is 0.403. The first kappa shape index (κ1) is 18.7. The summed E-state index contributed by atoms with van der Waals surface area (Å²) < 4.78 is 6.70. The summed E-state index contributed by atoms with van der Waals surface area (Å²) in [6.07, 6.45) is 2.72. The Bertz CT molecular complexity index is 1150. The third-order valence-corrected chi connectivity index (χ3v) is 5.71. The fourth-order valence-corrected chi connectivity index (χ4v) is 3.67. The maximum absolute atomic E-state index is 5.55. The highest BCUT2D eigenvalue weighted by Crippen LogP contribution is 2.27. The number of aromatic nitrogens is 2. The zero-order chi connectivity index (χ0) is 19.7. The van der Waals surface area contributed by atoms with Gasteiger partial charge in [-0.2, -0.15) is 0 Å². The van der Waals surface area contributed by atoms with E-state index in [1.165, 1.54) is 11.1 Å². The average Bonchev–Trinajstić information content (AvgIpc) is 3.05. The van der Waals surface area contributed by atoms with E-state index >= 15 is 0 Å². The van der Waals surface area contributed by atoms with Crippen LogP contribution in [0, 0.1) is 20.8 Å². The van der Waals surface area contributed by atoms with Gasteiger partial charge in [0.05, 0.1) is 12.0 Å². The Morgan fingerprint density at radius 1 is 0.964 bits per heavy atom. The number of rotatable bonds is 5. The molecule has 0 unspecified atom stereocenters. The Labute approximate surface area is 173 Å². The standard InChI is InChI=1S/C23H22BrN3O/c1-14-4-5-17(10-20(14)24)8-9-25-23-12-21(26-16(3)27-23)18-6-7-22-19(11-18)15(2)13-28-22/h4-7,10-13H,8-9H2,1-3H3,(H,25,26,27). The highest BCUT2D eigenvalue weighted by Gasteiger charge is 2.08. The molecule has 0 saturated heterocycles. The zero-order valence-corrected chi connectivity index (χ0v) is 17.8. The number of halogens is 1. The van der Waals surface area contributed by atoms with Crippen molar-refractivity contribution >= 4 is 32.7 Å². The number of anilines is 1. The summed E-state index contributed by atoms with van der Waals surface area (Å²) in [7, 11) is 0. The van der Waals surface area contributed by atoms with Gasteiger partial charge in [-0.25, -0.2) is 9.97 Å². The van der Waals surface area contributed by atoms with E-state index < -0.39 is 0 Å². The van der Waals surface area contributed by atoms with Crippen molar-refractivity contribution in [1.29, 1.82) is 0 Å². The van der Waals surface area contributed by atoms with Crippen LogP contribution in [-0.4, -0.2) is 16.5 Å². The second kappa shape index (κ2) is 7.76. The first-order valence-corrected chi connectivity index (χ1v) is 10.1. The maximum Gasteiger partial charge on any atom is 0.134 e. The highest BCUT2D eigenvalue weighted by atomic mass is 79.9. The second-order valence-electron chi connectivity index (χ2n) is 7.08. The Balaban J connectivity index is 1.52. The predicted octanol–water partition coefficient (Wildman–Crippen LogP) is 6.23. The fraction of sp³-hybridized carbons (Fsp3) is 0.217. The van der Waals surface area contributed by atoms with Gasteiger partial charge in [0.1, 0.15) is 17.2 Å². The SMILES string of the molecule is Cc1nc(NCCc2ccc(C)c(Br)c2)cc(-c2ccc3occ(C)c3c2)n1. The third kappa shape index (κ3) is 3.94. The molecule has 5 heteroatoms. The number of hydrogen-bond acceptors (Lipinski definition) is 4. The molecule has 0 aliphatic carbocycles. The molecule has 28 heavy (non-hydrogen) atoms. The van der Waals surface area contributed by atoms with Crippen molar-refractivity contribution in [3.63, 3.8) is 0 Å². The average molecular weight is 436 g/mol. The van der Waals surface area contributed by atoms with Gasteiger partial charge in [0, 0.05) is 28.0 Å². The minimum Gasteiger partial charge on any atom is -0.464 e. The van der Waals surface area contributed by atoms with Crippen LogP contribution in [0.2, 0.25) is 0 Å². The van der Waals surface area contributed by atoms with Crippen molar-refractivity contribution in [2.45, 2.75) is 27.2 Å². The normalized spacial score (nSPS) is 11.1. The van der Waals surface area contributed by atoms with Crippen molar-refractivity contribution in [1.82, 2.24) is 9.97 Å². The molecule has 0 fully saturated rings. The molecular formula is C23H22BrN3O. The van der Waals surface area contributed by atoms with E-state index in [2.05, 4.69) is 69.3 Å². The minimum atomic E-state index is 0.752. The van der Waals surface area contributed by atoms with Crippen molar-refractivity contribution in [2.24, 2.45) is 0 Å².